The molecule has 3 nitrogen and oxygen atoms in total. The SMILES string of the molecule is Cc1ccsc1CCN(C)C(CO)CO. The van der Waals surface area contributed by atoms with Crippen molar-refractivity contribution in [3.8, 4) is 0 Å². The molecule has 4 heteroatoms. The fraction of sp³-hybridized carbons (Fsp3) is 0.636. The Kier molecular flexibility index (Phi) is 5.25. The fourth-order valence-corrected chi connectivity index (χ4v) is 2.36. The van der Waals surface area contributed by atoms with E-state index in [0.717, 1.165) is 13.0 Å². The molecule has 1 aromatic heterocycles. The first-order valence-electron chi connectivity index (χ1n) is 5.14. The minimum absolute atomic E-state index is 0.0103. The summed E-state index contributed by atoms with van der Waals surface area (Å²) in [4.78, 5) is 3.38. The number of aliphatic hydroxyl groups excluding tert-OH is 2. The van der Waals surface area contributed by atoms with Crippen LogP contribution in [0.3, 0.4) is 0 Å². The van der Waals surface area contributed by atoms with Gasteiger partial charge in [-0.2, -0.15) is 0 Å². The molecule has 0 saturated heterocycles. The van der Waals surface area contributed by atoms with Crippen LogP contribution in [-0.2, 0) is 6.42 Å². The molecule has 0 aromatic carbocycles. The van der Waals surface area contributed by atoms with Crippen molar-refractivity contribution in [1.82, 2.24) is 4.90 Å². The molecule has 1 rings (SSSR count). The summed E-state index contributed by atoms with van der Waals surface area (Å²) in [6, 6.07) is 1.99. The minimum Gasteiger partial charge on any atom is -0.395 e. The Morgan fingerprint density at radius 1 is 1.40 bits per heavy atom. The zero-order valence-corrected chi connectivity index (χ0v) is 10.1. The second-order valence-electron chi connectivity index (χ2n) is 3.78. The topological polar surface area (TPSA) is 43.7 Å². The molecule has 0 bridgehead atoms. The first-order chi connectivity index (χ1) is 7.19. The lowest BCUT2D eigenvalue weighted by Crippen LogP contribution is -2.38. The molecule has 0 fully saturated rings. The number of aryl methyl sites for hydroxylation is 1. The summed E-state index contributed by atoms with van der Waals surface area (Å²) in [7, 11) is 1.93. The van der Waals surface area contributed by atoms with Crippen LogP contribution in [0, 0.1) is 6.92 Å². The third-order valence-corrected chi connectivity index (χ3v) is 3.79. The van der Waals surface area contributed by atoms with Gasteiger partial charge in [-0.1, -0.05) is 0 Å². The van der Waals surface area contributed by atoms with Gasteiger partial charge in [-0.25, -0.2) is 0 Å². The molecule has 0 atom stereocenters. The van der Waals surface area contributed by atoms with Gasteiger partial charge in [0.1, 0.15) is 0 Å². The van der Waals surface area contributed by atoms with Gasteiger partial charge in [0.2, 0.25) is 0 Å². The first kappa shape index (κ1) is 12.6. The van der Waals surface area contributed by atoms with E-state index in [9.17, 15) is 0 Å². The summed E-state index contributed by atoms with van der Waals surface area (Å²) in [6.45, 7) is 3.00. The third kappa shape index (κ3) is 3.57. The molecule has 0 amide bonds. The minimum atomic E-state index is -0.134. The lowest BCUT2D eigenvalue weighted by Gasteiger charge is -2.24. The normalized spacial score (nSPS) is 11.6. The highest BCUT2D eigenvalue weighted by molar-refractivity contribution is 7.10. The average Bonchev–Trinajstić information content (AvgIpc) is 2.63. The van der Waals surface area contributed by atoms with Gasteiger partial charge in [-0.3, -0.25) is 4.90 Å². The van der Waals surface area contributed by atoms with Crippen molar-refractivity contribution in [2.45, 2.75) is 19.4 Å². The van der Waals surface area contributed by atoms with Crippen molar-refractivity contribution in [3.63, 3.8) is 0 Å². The Labute approximate surface area is 95.0 Å². The number of rotatable bonds is 6. The van der Waals surface area contributed by atoms with E-state index in [1.165, 1.54) is 10.4 Å². The van der Waals surface area contributed by atoms with Crippen LogP contribution >= 0.6 is 11.3 Å². The van der Waals surface area contributed by atoms with E-state index in [0.29, 0.717) is 0 Å². The van der Waals surface area contributed by atoms with Gasteiger partial charge in [-0.15, -0.1) is 11.3 Å². The van der Waals surface area contributed by atoms with Crippen molar-refractivity contribution in [2.24, 2.45) is 0 Å². The van der Waals surface area contributed by atoms with E-state index in [4.69, 9.17) is 10.2 Å². The van der Waals surface area contributed by atoms with Crippen LogP contribution in [0.4, 0.5) is 0 Å². The molecule has 1 heterocycles. The molecule has 0 radical (unpaired) electrons. The molecule has 0 saturated carbocycles. The molecule has 1 aromatic rings. The zero-order valence-electron chi connectivity index (χ0n) is 9.31. The van der Waals surface area contributed by atoms with Crippen LogP contribution in [-0.4, -0.2) is 48.0 Å². The average molecular weight is 229 g/mol. The maximum absolute atomic E-state index is 9.01. The predicted molar refractivity (Wildman–Crippen MR) is 63.3 cm³/mol. The Morgan fingerprint density at radius 3 is 2.53 bits per heavy atom. The summed E-state index contributed by atoms with van der Waals surface area (Å²) < 4.78 is 0. The van der Waals surface area contributed by atoms with Gasteiger partial charge in [-0.05, 0) is 37.4 Å². The molecule has 0 aliphatic heterocycles. The van der Waals surface area contributed by atoms with Gasteiger partial charge < -0.3 is 10.2 Å². The molecule has 0 aliphatic rings. The van der Waals surface area contributed by atoms with Gasteiger partial charge in [0.05, 0.1) is 19.3 Å². The van der Waals surface area contributed by atoms with E-state index >= 15 is 0 Å². The van der Waals surface area contributed by atoms with Crippen molar-refractivity contribution in [3.05, 3.63) is 21.9 Å². The van der Waals surface area contributed by atoms with Crippen molar-refractivity contribution >= 4 is 11.3 Å². The number of thiophene rings is 1. The summed E-state index contributed by atoms with van der Waals surface area (Å²) >= 11 is 1.77. The number of likely N-dealkylation sites (N-methyl/N-ethyl adjacent to an activating group) is 1. The molecule has 0 unspecified atom stereocenters. The molecule has 86 valence electrons. The van der Waals surface area contributed by atoms with Gasteiger partial charge in [0.25, 0.3) is 0 Å². The Morgan fingerprint density at radius 2 is 2.07 bits per heavy atom. The molecule has 0 aliphatic carbocycles. The molecule has 0 spiro atoms. The van der Waals surface area contributed by atoms with Gasteiger partial charge in [0, 0.05) is 11.4 Å². The first-order valence-corrected chi connectivity index (χ1v) is 6.02. The summed E-state index contributed by atoms with van der Waals surface area (Å²) in [6.07, 6.45) is 0.983. The molecular weight excluding hydrogens is 210 g/mol. The number of nitrogens with zero attached hydrogens (tertiary/aromatic N) is 1. The lowest BCUT2D eigenvalue weighted by atomic mass is 10.2. The maximum Gasteiger partial charge on any atom is 0.0609 e. The van der Waals surface area contributed by atoms with Crippen LogP contribution in [0.15, 0.2) is 11.4 Å². The summed E-state index contributed by atoms with van der Waals surface area (Å²) in [5.74, 6) is 0. The van der Waals surface area contributed by atoms with E-state index in [1.54, 1.807) is 11.3 Å². The van der Waals surface area contributed by atoms with E-state index in [-0.39, 0.29) is 19.3 Å². The van der Waals surface area contributed by atoms with Crippen LogP contribution in [0.5, 0.6) is 0 Å². The summed E-state index contributed by atoms with van der Waals surface area (Å²) in [5, 5.41) is 20.1. The van der Waals surface area contributed by atoms with Crippen LogP contribution < -0.4 is 0 Å². The maximum atomic E-state index is 9.01. The fourth-order valence-electron chi connectivity index (χ4n) is 1.46. The molecule has 15 heavy (non-hydrogen) atoms. The highest BCUT2D eigenvalue weighted by Gasteiger charge is 2.12. The van der Waals surface area contributed by atoms with E-state index in [1.807, 2.05) is 11.9 Å². The number of hydrogen-bond donors (Lipinski definition) is 2. The molecular formula is C11H19NO2S. The largest absolute Gasteiger partial charge is 0.395 e. The van der Waals surface area contributed by atoms with Gasteiger partial charge in [0.15, 0.2) is 0 Å². The van der Waals surface area contributed by atoms with Crippen molar-refractivity contribution in [2.75, 3.05) is 26.8 Å². The van der Waals surface area contributed by atoms with Crippen LogP contribution in [0.25, 0.3) is 0 Å². The van der Waals surface area contributed by atoms with Crippen LogP contribution in [0.1, 0.15) is 10.4 Å². The quantitative estimate of drug-likeness (QED) is 0.761. The van der Waals surface area contributed by atoms with E-state index < -0.39 is 0 Å². The second kappa shape index (κ2) is 6.23. The Hall–Kier alpha value is -0.420. The van der Waals surface area contributed by atoms with E-state index in [2.05, 4.69) is 18.4 Å². The predicted octanol–water partition coefficient (Wildman–Crippen LogP) is 0.884. The Balaban J connectivity index is 2.40. The van der Waals surface area contributed by atoms with Crippen molar-refractivity contribution in [1.29, 1.82) is 0 Å². The highest BCUT2D eigenvalue weighted by atomic mass is 32.1. The van der Waals surface area contributed by atoms with Gasteiger partial charge >= 0.3 is 0 Å². The zero-order chi connectivity index (χ0) is 11.3. The van der Waals surface area contributed by atoms with Crippen LogP contribution in [0.2, 0.25) is 0 Å². The second-order valence-corrected chi connectivity index (χ2v) is 4.78. The smallest absolute Gasteiger partial charge is 0.0609 e. The number of aliphatic hydroxyl groups is 2. The lowest BCUT2D eigenvalue weighted by molar-refractivity contribution is 0.0926. The summed E-state index contributed by atoms with van der Waals surface area (Å²) in [5.41, 5.74) is 1.33. The monoisotopic (exact) mass is 229 g/mol. The Bertz CT molecular complexity index is 284. The number of hydrogen-bond acceptors (Lipinski definition) is 4. The third-order valence-electron chi connectivity index (χ3n) is 2.70. The highest BCUT2D eigenvalue weighted by Crippen LogP contribution is 2.16. The van der Waals surface area contributed by atoms with Crippen molar-refractivity contribution < 1.29 is 10.2 Å². The molecule has 2 N–H and O–H groups in total. The standard InChI is InChI=1S/C11H19NO2S/c1-9-4-6-15-11(9)3-5-12(2)10(7-13)8-14/h4,6,10,13-14H,3,5,7-8H2,1-2H3.